The van der Waals surface area contributed by atoms with Gasteiger partial charge in [0, 0.05) is 23.1 Å². The van der Waals surface area contributed by atoms with Gasteiger partial charge in [0.05, 0.1) is 11.7 Å². The summed E-state index contributed by atoms with van der Waals surface area (Å²) in [5.41, 5.74) is 6.72. The summed E-state index contributed by atoms with van der Waals surface area (Å²) in [7, 11) is 0. The highest BCUT2D eigenvalue weighted by atomic mass is 79.9. The largest absolute Gasteiger partial charge is 0.361 e. The van der Waals surface area contributed by atoms with E-state index < -0.39 is 6.04 Å². The number of benzene rings is 2. The SMILES string of the molecule is CCN(c1ccccc1F)C(CN)c1cc(Br)ccc1F. The van der Waals surface area contributed by atoms with E-state index in [0.29, 0.717) is 17.8 Å². The smallest absolute Gasteiger partial charge is 0.146 e. The van der Waals surface area contributed by atoms with Crippen LogP contribution in [0.3, 0.4) is 0 Å². The lowest BCUT2D eigenvalue weighted by atomic mass is 10.0. The zero-order valence-corrected chi connectivity index (χ0v) is 13.3. The van der Waals surface area contributed by atoms with Gasteiger partial charge >= 0.3 is 0 Å². The van der Waals surface area contributed by atoms with Gasteiger partial charge in [-0.15, -0.1) is 0 Å². The van der Waals surface area contributed by atoms with Crippen molar-refractivity contribution in [2.45, 2.75) is 13.0 Å². The van der Waals surface area contributed by atoms with Crippen molar-refractivity contribution in [1.29, 1.82) is 0 Å². The number of halogens is 3. The Hall–Kier alpha value is -1.46. The van der Waals surface area contributed by atoms with Gasteiger partial charge in [-0.2, -0.15) is 0 Å². The molecule has 5 heteroatoms. The van der Waals surface area contributed by atoms with Gasteiger partial charge in [0.1, 0.15) is 11.6 Å². The molecule has 0 aliphatic rings. The first kappa shape index (κ1) is 15.9. The van der Waals surface area contributed by atoms with Crippen molar-refractivity contribution in [3.8, 4) is 0 Å². The van der Waals surface area contributed by atoms with E-state index in [1.165, 1.54) is 12.1 Å². The fourth-order valence-corrected chi connectivity index (χ4v) is 2.81. The Labute approximate surface area is 131 Å². The van der Waals surface area contributed by atoms with Crippen LogP contribution in [0, 0.1) is 11.6 Å². The lowest BCUT2D eigenvalue weighted by molar-refractivity contribution is 0.549. The van der Waals surface area contributed by atoms with Crippen LogP contribution < -0.4 is 10.6 Å². The molecule has 0 radical (unpaired) electrons. The molecule has 0 amide bonds. The van der Waals surface area contributed by atoms with E-state index in [1.54, 1.807) is 35.2 Å². The predicted octanol–water partition coefficient (Wildman–Crippen LogP) is 4.25. The second-order valence-corrected chi connectivity index (χ2v) is 5.57. The molecule has 0 spiro atoms. The molecule has 0 bridgehead atoms. The monoisotopic (exact) mass is 354 g/mol. The van der Waals surface area contributed by atoms with Crippen LogP contribution in [0.4, 0.5) is 14.5 Å². The van der Waals surface area contributed by atoms with Crippen molar-refractivity contribution in [2.75, 3.05) is 18.0 Å². The van der Waals surface area contributed by atoms with Crippen LogP contribution in [-0.2, 0) is 0 Å². The molecule has 21 heavy (non-hydrogen) atoms. The van der Waals surface area contributed by atoms with E-state index in [2.05, 4.69) is 15.9 Å². The second kappa shape index (κ2) is 7.00. The van der Waals surface area contributed by atoms with Crippen LogP contribution in [0.2, 0.25) is 0 Å². The summed E-state index contributed by atoms with van der Waals surface area (Å²) in [6.45, 7) is 2.61. The Morgan fingerprint density at radius 1 is 1.14 bits per heavy atom. The van der Waals surface area contributed by atoms with E-state index >= 15 is 0 Å². The number of nitrogens with two attached hydrogens (primary N) is 1. The fourth-order valence-electron chi connectivity index (χ4n) is 2.44. The predicted molar refractivity (Wildman–Crippen MR) is 85.3 cm³/mol. The van der Waals surface area contributed by atoms with E-state index in [1.807, 2.05) is 6.92 Å². The molecule has 0 heterocycles. The maximum absolute atomic E-state index is 14.1. The second-order valence-electron chi connectivity index (χ2n) is 4.65. The summed E-state index contributed by atoms with van der Waals surface area (Å²) < 4.78 is 28.9. The molecule has 0 aromatic heterocycles. The van der Waals surface area contributed by atoms with Gasteiger partial charge in [-0.1, -0.05) is 28.1 Å². The van der Waals surface area contributed by atoms with Gasteiger partial charge < -0.3 is 10.6 Å². The Morgan fingerprint density at radius 2 is 1.86 bits per heavy atom. The van der Waals surface area contributed by atoms with E-state index in [9.17, 15) is 8.78 Å². The molecule has 2 aromatic carbocycles. The fraction of sp³-hybridized carbons (Fsp3) is 0.250. The lowest BCUT2D eigenvalue weighted by Crippen LogP contribution is -2.34. The van der Waals surface area contributed by atoms with Crippen LogP contribution in [-0.4, -0.2) is 13.1 Å². The van der Waals surface area contributed by atoms with Crippen LogP contribution in [0.1, 0.15) is 18.5 Å². The first-order valence-corrected chi connectivity index (χ1v) is 7.54. The molecular formula is C16H17BrF2N2. The highest BCUT2D eigenvalue weighted by Crippen LogP contribution is 2.31. The van der Waals surface area contributed by atoms with Crippen molar-refractivity contribution in [3.05, 3.63) is 64.1 Å². The summed E-state index contributed by atoms with van der Waals surface area (Å²) >= 11 is 3.34. The van der Waals surface area contributed by atoms with E-state index in [0.717, 1.165) is 4.47 Å². The normalized spacial score (nSPS) is 12.2. The molecule has 2 aromatic rings. The summed E-state index contributed by atoms with van der Waals surface area (Å²) in [6.07, 6.45) is 0. The Balaban J connectivity index is 2.48. The van der Waals surface area contributed by atoms with Crippen LogP contribution >= 0.6 is 15.9 Å². The van der Waals surface area contributed by atoms with Crippen molar-refractivity contribution < 1.29 is 8.78 Å². The van der Waals surface area contributed by atoms with Crippen molar-refractivity contribution in [1.82, 2.24) is 0 Å². The van der Waals surface area contributed by atoms with E-state index in [-0.39, 0.29) is 18.2 Å². The van der Waals surface area contributed by atoms with Crippen LogP contribution in [0.5, 0.6) is 0 Å². The Kier molecular flexibility index (Phi) is 5.31. The molecule has 1 atom stereocenters. The van der Waals surface area contributed by atoms with Gasteiger partial charge in [0.2, 0.25) is 0 Å². The molecule has 2 nitrogen and oxygen atoms in total. The number of likely N-dealkylation sites (N-methyl/N-ethyl adjacent to an activating group) is 1. The third-order valence-electron chi connectivity index (χ3n) is 3.42. The molecule has 0 aliphatic carbocycles. The maximum atomic E-state index is 14.1. The zero-order valence-electron chi connectivity index (χ0n) is 11.7. The number of anilines is 1. The molecule has 0 aliphatic heterocycles. The molecule has 2 rings (SSSR count). The number of rotatable bonds is 5. The van der Waals surface area contributed by atoms with Gasteiger partial charge in [0.25, 0.3) is 0 Å². The Morgan fingerprint density at radius 3 is 2.48 bits per heavy atom. The molecule has 112 valence electrons. The summed E-state index contributed by atoms with van der Waals surface area (Å²) in [6, 6.07) is 10.7. The Bertz CT molecular complexity index is 619. The molecule has 0 fully saturated rings. The molecule has 2 N–H and O–H groups in total. The minimum atomic E-state index is -0.426. The first-order chi connectivity index (χ1) is 10.1. The third-order valence-corrected chi connectivity index (χ3v) is 3.91. The molecule has 1 unspecified atom stereocenters. The van der Waals surface area contributed by atoms with Crippen LogP contribution in [0.15, 0.2) is 46.9 Å². The molecular weight excluding hydrogens is 338 g/mol. The quantitative estimate of drug-likeness (QED) is 0.869. The van der Waals surface area contributed by atoms with Gasteiger partial charge in [0.15, 0.2) is 0 Å². The van der Waals surface area contributed by atoms with Crippen molar-refractivity contribution in [2.24, 2.45) is 5.73 Å². The average Bonchev–Trinajstić information content (AvgIpc) is 2.48. The average molecular weight is 355 g/mol. The number of hydrogen-bond acceptors (Lipinski definition) is 2. The van der Waals surface area contributed by atoms with Gasteiger partial charge in [-0.05, 0) is 37.3 Å². The number of nitrogens with zero attached hydrogens (tertiary/aromatic N) is 1. The molecule has 0 saturated carbocycles. The van der Waals surface area contributed by atoms with E-state index in [4.69, 9.17) is 5.73 Å². The van der Waals surface area contributed by atoms with Crippen LogP contribution in [0.25, 0.3) is 0 Å². The van der Waals surface area contributed by atoms with Gasteiger partial charge in [-0.3, -0.25) is 0 Å². The van der Waals surface area contributed by atoms with Crippen molar-refractivity contribution >= 4 is 21.6 Å². The lowest BCUT2D eigenvalue weighted by Gasteiger charge is -2.33. The molecule has 0 saturated heterocycles. The summed E-state index contributed by atoms with van der Waals surface area (Å²) in [4.78, 5) is 1.78. The standard InChI is InChI=1S/C16H17BrF2N2/c1-2-21(15-6-4-3-5-14(15)19)16(10-20)12-9-11(17)7-8-13(12)18/h3-9,16H,2,10,20H2,1H3. The van der Waals surface area contributed by atoms with Crippen molar-refractivity contribution in [3.63, 3.8) is 0 Å². The van der Waals surface area contributed by atoms with Gasteiger partial charge in [-0.25, -0.2) is 8.78 Å². The number of para-hydroxylation sites is 1. The zero-order chi connectivity index (χ0) is 15.4. The highest BCUT2D eigenvalue weighted by molar-refractivity contribution is 9.10. The topological polar surface area (TPSA) is 29.3 Å². The summed E-state index contributed by atoms with van der Waals surface area (Å²) in [5.74, 6) is -0.684. The highest BCUT2D eigenvalue weighted by Gasteiger charge is 2.23. The third kappa shape index (κ3) is 3.41. The first-order valence-electron chi connectivity index (χ1n) is 6.74. The number of hydrogen-bond donors (Lipinski definition) is 1. The minimum Gasteiger partial charge on any atom is -0.361 e. The maximum Gasteiger partial charge on any atom is 0.146 e. The minimum absolute atomic E-state index is 0.190. The summed E-state index contributed by atoms with van der Waals surface area (Å²) in [5, 5.41) is 0.